The fourth-order valence-electron chi connectivity index (χ4n) is 6.65. The Morgan fingerprint density at radius 2 is 2.12 bits per heavy atom. The van der Waals surface area contributed by atoms with Crippen LogP contribution in [-0.2, 0) is 25.7 Å². The van der Waals surface area contributed by atoms with Gasteiger partial charge in [-0.3, -0.25) is 14.4 Å². The summed E-state index contributed by atoms with van der Waals surface area (Å²) in [4.78, 5) is 54.9. The normalized spacial score (nSPS) is 30.6. The molecular formula is C26H38N8O5S. The highest BCUT2D eigenvalue weighted by Gasteiger charge is 2.60. The number of β-lactam (4-membered cyclic amide) rings is 1. The first-order valence-corrected chi connectivity index (χ1v) is 14.8. The van der Waals surface area contributed by atoms with E-state index in [1.54, 1.807) is 11.7 Å². The van der Waals surface area contributed by atoms with Gasteiger partial charge in [0.25, 0.3) is 0 Å². The van der Waals surface area contributed by atoms with Crippen LogP contribution in [0, 0.1) is 17.8 Å². The lowest BCUT2D eigenvalue weighted by Gasteiger charge is -2.47. The molecule has 4 aliphatic rings. The molecule has 218 valence electrons. The highest BCUT2D eigenvalue weighted by atomic mass is 32.2. The Morgan fingerprint density at radius 3 is 2.80 bits per heavy atom. The molecule has 0 aromatic carbocycles. The van der Waals surface area contributed by atoms with Crippen molar-refractivity contribution in [1.82, 2.24) is 35.4 Å². The Hall–Kier alpha value is -2.81. The number of rotatable bonds is 11. The van der Waals surface area contributed by atoms with E-state index in [-0.39, 0.29) is 77.4 Å². The van der Waals surface area contributed by atoms with Crippen molar-refractivity contribution in [3.8, 4) is 0 Å². The monoisotopic (exact) mass is 574 g/mol. The van der Waals surface area contributed by atoms with Crippen LogP contribution in [0.5, 0.6) is 0 Å². The van der Waals surface area contributed by atoms with Crippen LogP contribution < -0.4 is 16.4 Å². The third-order valence-electron chi connectivity index (χ3n) is 8.63. The van der Waals surface area contributed by atoms with Gasteiger partial charge in [0.15, 0.2) is 0 Å². The Labute approximate surface area is 237 Å². The van der Waals surface area contributed by atoms with Crippen molar-refractivity contribution in [2.45, 2.75) is 63.0 Å². The average Bonchev–Trinajstić information content (AvgIpc) is 3.70. The van der Waals surface area contributed by atoms with Crippen LogP contribution in [0.15, 0.2) is 16.8 Å². The van der Waals surface area contributed by atoms with Crippen LogP contribution in [0.25, 0.3) is 0 Å². The van der Waals surface area contributed by atoms with Crippen molar-refractivity contribution in [3.05, 3.63) is 22.5 Å². The van der Waals surface area contributed by atoms with E-state index in [0.717, 1.165) is 6.42 Å². The fraction of sp³-hybridized carbons (Fsp3) is 0.692. The Balaban J connectivity index is 1.21. The number of carbonyl (C=O) groups is 4. The quantitative estimate of drug-likeness (QED) is 0.252. The average molecular weight is 575 g/mol. The summed E-state index contributed by atoms with van der Waals surface area (Å²) in [6.45, 7) is 6.19. The standard InChI is InChI=1S/C26H38N8O5S/c1-13(6-17(35)9-28-3)20-21-14(2)23(22(26(38)39)34(21)25(20)37)40-18-7-19(29-10-18)24(36)32-5-4-16(12-32)33-11-15(8-27)30-31-33/h11,13-14,16,18-21,28-29H,4-10,12,27H2,1-3H3,(H,38,39)/t13-,14+,16-,18-,19-,20+,21+/m0/s1. The SMILES string of the molecule is CNCC(=O)C[C@H](C)[C@H]1C(=O)N2C(C(=O)O)=C(S[C@@H]3CN[C@H](C(=O)N4CC[C@H](n5cc(CN)nn5)C4)C3)[C@H](C)[C@H]12. The number of aromatic nitrogens is 3. The molecule has 0 bridgehead atoms. The predicted molar refractivity (Wildman–Crippen MR) is 147 cm³/mol. The van der Waals surface area contributed by atoms with E-state index in [1.807, 2.05) is 24.9 Å². The number of thioether (sulfide) groups is 1. The van der Waals surface area contributed by atoms with E-state index in [1.165, 1.54) is 16.7 Å². The van der Waals surface area contributed by atoms with Gasteiger partial charge in [-0.05, 0) is 25.8 Å². The summed E-state index contributed by atoms with van der Waals surface area (Å²) in [7, 11) is 1.71. The zero-order chi connectivity index (χ0) is 28.7. The molecule has 3 saturated heterocycles. The van der Waals surface area contributed by atoms with Crippen molar-refractivity contribution in [2.24, 2.45) is 23.5 Å². The zero-order valence-electron chi connectivity index (χ0n) is 23.1. The molecule has 0 aliphatic carbocycles. The molecule has 5 rings (SSSR count). The number of hydrogen-bond acceptors (Lipinski definition) is 10. The summed E-state index contributed by atoms with van der Waals surface area (Å²) in [5, 5.41) is 24.4. The lowest BCUT2D eigenvalue weighted by atomic mass is 9.73. The number of fused-ring (bicyclic) bond motifs is 1. The molecule has 0 radical (unpaired) electrons. The third kappa shape index (κ3) is 5.17. The number of carboxylic acid groups (broad SMARTS) is 1. The van der Waals surface area contributed by atoms with Crippen molar-refractivity contribution >= 4 is 35.3 Å². The molecule has 0 spiro atoms. The summed E-state index contributed by atoms with van der Waals surface area (Å²) >= 11 is 1.47. The number of amides is 2. The first kappa shape index (κ1) is 28.7. The van der Waals surface area contributed by atoms with Crippen molar-refractivity contribution in [1.29, 1.82) is 0 Å². The summed E-state index contributed by atoms with van der Waals surface area (Å²) in [5.41, 5.74) is 6.41. The van der Waals surface area contributed by atoms with E-state index >= 15 is 0 Å². The molecule has 5 N–H and O–H groups in total. The number of nitrogens with one attached hydrogen (secondary N) is 2. The van der Waals surface area contributed by atoms with Gasteiger partial charge < -0.3 is 31.3 Å². The van der Waals surface area contributed by atoms with Crippen LogP contribution in [0.4, 0.5) is 0 Å². The van der Waals surface area contributed by atoms with Gasteiger partial charge in [0.1, 0.15) is 11.5 Å². The van der Waals surface area contributed by atoms with Crippen LogP contribution in [0.1, 0.15) is 44.8 Å². The lowest BCUT2D eigenvalue weighted by Crippen LogP contribution is -2.62. The number of ketones is 1. The zero-order valence-corrected chi connectivity index (χ0v) is 23.9. The van der Waals surface area contributed by atoms with Gasteiger partial charge in [-0.1, -0.05) is 19.1 Å². The number of likely N-dealkylation sites (tertiary alicyclic amines) is 1. The van der Waals surface area contributed by atoms with E-state index in [9.17, 15) is 24.3 Å². The minimum Gasteiger partial charge on any atom is -0.477 e. The molecule has 1 aromatic rings. The van der Waals surface area contributed by atoms with E-state index in [0.29, 0.717) is 43.2 Å². The van der Waals surface area contributed by atoms with Gasteiger partial charge in [-0.2, -0.15) is 0 Å². The van der Waals surface area contributed by atoms with Gasteiger partial charge in [-0.15, -0.1) is 16.9 Å². The molecule has 3 fully saturated rings. The minimum absolute atomic E-state index is 0.00320. The summed E-state index contributed by atoms with van der Waals surface area (Å²) in [5.74, 6) is -1.97. The van der Waals surface area contributed by atoms with Gasteiger partial charge in [0.05, 0.1) is 42.5 Å². The summed E-state index contributed by atoms with van der Waals surface area (Å²) < 4.78 is 1.78. The number of likely N-dealkylation sites (N-methyl/N-ethyl adjacent to an activating group) is 1. The fourth-order valence-corrected chi connectivity index (χ4v) is 8.13. The number of nitrogens with two attached hydrogens (primary N) is 1. The molecule has 13 nitrogen and oxygen atoms in total. The first-order valence-electron chi connectivity index (χ1n) is 13.9. The number of carbonyl (C=O) groups excluding carboxylic acids is 3. The first-order chi connectivity index (χ1) is 19.1. The molecule has 4 aliphatic heterocycles. The van der Waals surface area contributed by atoms with Crippen molar-refractivity contribution in [2.75, 3.05) is 33.2 Å². The maximum Gasteiger partial charge on any atom is 0.353 e. The number of Topliss-reactive ketones (excluding diaryl/α,β-unsaturated/α-hetero) is 1. The van der Waals surface area contributed by atoms with Crippen molar-refractivity contribution in [3.63, 3.8) is 0 Å². The summed E-state index contributed by atoms with van der Waals surface area (Å²) in [6, 6.07) is -0.540. The largest absolute Gasteiger partial charge is 0.477 e. The molecule has 7 atom stereocenters. The lowest BCUT2D eigenvalue weighted by molar-refractivity contribution is -0.160. The van der Waals surface area contributed by atoms with Gasteiger partial charge in [0.2, 0.25) is 11.8 Å². The molecule has 2 amide bonds. The number of hydrogen-bond donors (Lipinski definition) is 4. The maximum absolute atomic E-state index is 13.3. The second kappa shape index (κ2) is 11.6. The summed E-state index contributed by atoms with van der Waals surface area (Å²) in [6.07, 6.45) is 3.47. The molecule has 14 heteroatoms. The predicted octanol–water partition coefficient (Wildman–Crippen LogP) is -0.438. The van der Waals surface area contributed by atoms with Crippen LogP contribution in [0.3, 0.4) is 0 Å². The Morgan fingerprint density at radius 1 is 1.35 bits per heavy atom. The van der Waals surface area contributed by atoms with E-state index in [2.05, 4.69) is 20.9 Å². The smallest absolute Gasteiger partial charge is 0.353 e. The maximum atomic E-state index is 13.3. The number of carboxylic acids is 1. The number of aliphatic carboxylic acids is 1. The second-order valence-electron chi connectivity index (χ2n) is 11.3. The molecular weight excluding hydrogens is 536 g/mol. The third-order valence-corrected chi connectivity index (χ3v) is 10.1. The van der Waals surface area contributed by atoms with E-state index in [4.69, 9.17) is 5.73 Å². The van der Waals surface area contributed by atoms with Gasteiger partial charge >= 0.3 is 5.97 Å². The molecule has 40 heavy (non-hydrogen) atoms. The molecule has 1 aromatic heterocycles. The van der Waals surface area contributed by atoms with Gasteiger partial charge in [-0.25, -0.2) is 9.48 Å². The Kier molecular flexibility index (Phi) is 8.32. The topological polar surface area (TPSA) is 176 Å². The molecule has 0 saturated carbocycles. The number of nitrogens with zero attached hydrogens (tertiary/aromatic N) is 5. The van der Waals surface area contributed by atoms with Crippen LogP contribution >= 0.6 is 11.8 Å². The minimum atomic E-state index is -1.12. The molecule has 5 heterocycles. The highest BCUT2D eigenvalue weighted by molar-refractivity contribution is 8.03. The van der Waals surface area contributed by atoms with Crippen LogP contribution in [0.2, 0.25) is 0 Å². The Bertz CT molecular complexity index is 1220. The highest BCUT2D eigenvalue weighted by Crippen LogP contribution is 2.53. The van der Waals surface area contributed by atoms with Crippen LogP contribution in [-0.4, -0.2) is 104 Å². The van der Waals surface area contributed by atoms with Crippen molar-refractivity contribution < 1.29 is 24.3 Å². The van der Waals surface area contributed by atoms with E-state index < -0.39 is 5.97 Å². The second-order valence-corrected chi connectivity index (χ2v) is 12.7. The molecule has 0 unspecified atom stereocenters. The van der Waals surface area contributed by atoms with Gasteiger partial charge in [0, 0.05) is 48.7 Å².